The van der Waals surface area contributed by atoms with Gasteiger partial charge in [0.1, 0.15) is 0 Å². The van der Waals surface area contributed by atoms with Crippen LogP contribution in [-0.2, 0) is 38.1 Å². The maximum atomic E-state index is 13.5. The molecule has 0 aromatic rings. The summed E-state index contributed by atoms with van der Waals surface area (Å²) in [5.74, 6) is -6.89. The number of esters is 2. The molecule has 9 nitrogen and oxygen atoms in total. The molecular weight excluding hydrogens is 432 g/mol. The third kappa shape index (κ3) is 2.30. The summed E-state index contributed by atoms with van der Waals surface area (Å²) in [5.41, 5.74) is -4.20. The van der Waals surface area contributed by atoms with Gasteiger partial charge >= 0.3 is 23.5 Å². The van der Waals surface area contributed by atoms with Crippen LogP contribution >= 0.6 is 0 Å². The molecule has 3 heterocycles. The van der Waals surface area contributed by atoms with Crippen molar-refractivity contribution >= 4 is 23.7 Å². The third-order valence-electron chi connectivity index (χ3n) is 8.98. The van der Waals surface area contributed by atoms with E-state index in [2.05, 4.69) is 6.58 Å². The fourth-order valence-corrected chi connectivity index (χ4v) is 7.43. The van der Waals surface area contributed by atoms with Gasteiger partial charge in [-0.3, -0.25) is 14.4 Å². The van der Waals surface area contributed by atoms with Crippen LogP contribution in [0, 0.1) is 28.6 Å². The van der Waals surface area contributed by atoms with E-state index in [1.54, 1.807) is 6.92 Å². The predicted octanol–water partition coefficient (Wildman–Crippen LogP) is 2.14. The molecule has 178 valence electrons. The molecule has 2 bridgehead atoms. The highest BCUT2D eigenvalue weighted by Gasteiger charge is 2.89. The molecule has 0 amide bonds. The summed E-state index contributed by atoms with van der Waals surface area (Å²) in [6, 6.07) is 0. The topological polar surface area (TPSA) is 125 Å². The Balaban J connectivity index is 1.74. The van der Waals surface area contributed by atoms with Crippen LogP contribution in [0.2, 0.25) is 0 Å². The number of fused-ring (bicyclic) bond motifs is 7. The fraction of sp³-hybridized carbons (Fsp3) is 0.667. The van der Waals surface area contributed by atoms with Gasteiger partial charge in [-0.05, 0) is 38.0 Å². The molecule has 5 aliphatic rings. The summed E-state index contributed by atoms with van der Waals surface area (Å²) in [5, 5.41) is 9.59. The maximum Gasteiger partial charge on any atom is 0.370 e. The van der Waals surface area contributed by atoms with Crippen molar-refractivity contribution in [3.63, 3.8) is 0 Å². The molecule has 9 unspecified atom stereocenters. The van der Waals surface area contributed by atoms with Crippen LogP contribution in [0.5, 0.6) is 0 Å². The molecule has 3 aliphatic heterocycles. The molecule has 0 spiro atoms. The van der Waals surface area contributed by atoms with E-state index in [0.29, 0.717) is 19.3 Å². The minimum atomic E-state index is -2.50. The van der Waals surface area contributed by atoms with Crippen molar-refractivity contribution in [2.45, 2.75) is 70.6 Å². The number of carbonyl (C=O) groups is 4. The lowest BCUT2D eigenvalue weighted by Crippen LogP contribution is -2.75. The maximum absolute atomic E-state index is 13.5. The number of carbonyl (C=O) groups excluding carboxylic acids is 3. The Kier molecular flexibility index (Phi) is 4.41. The summed E-state index contributed by atoms with van der Waals surface area (Å²) < 4.78 is 23.5. The fourth-order valence-electron chi connectivity index (χ4n) is 7.43. The highest BCUT2D eigenvalue weighted by atomic mass is 16.8. The Morgan fingerprint density at radius 2 is 1.91 bits per heavy atom. The zero-order valence-corrected chi connectivity index (χ0v) is 19.1. The lowest BCUT2D eigenvalue weighted by molar-refractivity contribution is -0.319. The van der Waals surface area contributed by atoms with Crippen molar-refractivity contribution in [2.75, 3.05) is 0 Å². The molecule has 1 saturated carbocycles. The average Bonchev–Trinajstić information content (AvgIpc) is 3.28. The Morgan fingerprint density at radius 1 is 1.21 bits per heavy atom. The van der Waals surface area contributed by atoms with Crippen LogP contribution in [0.1, 0.15) is 47.0 Å². The van der Waals surface area contributed by atoms with Gasteiger partial charge in [0.05, 0.1) is 18.1 Å². The van der Waals surface area contributed by atoms with Gasteiger partial charge in [0.25, 0.3) is 5.78 Å². The number of aliphatic carboxylic acids is 1. The van der Waals surface area contributed by atoms with E-state index >= 15 is 0 Å². The number of ketones is 1. The van der Waals surface area contributed by atoms with Crippen molar-refractivity contribution < 1.29 is 43.2 Å². The van der Waals surface area contributed by atoms with E-state index in [4.69, 9.17) is 18.9 Å². The van der Waals surface area contributed by atoms with E-state index in [1.165, 1.54) is 0 Å². The van der Waals surface area contributed by atoms with Gasteiger partial charge in [-0.15, -0.1) is 0 Å². The molecule has 0 radical (unpaired) electrons. The molecule has 4 fully saturated rings. The summed E-state index contributed by atoms with van der Waals surface area (Å²) in [4.78, 5) is 50.8. The summed E-state index contributed by atoms with van der Waals surface area (Å²) >= 11 is 0. The van der Waals surface area contributed by atoms with E-state index in [0.717, 1.165) is 6.92 Å². The first kappa shape index (κ1) is 22.3. The van der Waals surface area contributed by atoms with Gasteiger partial charge in [-0.1, -0.05) is 32.6 Å². The quantitative estimate of drug-likeness (QED) is 0.292. The SMILES string of the molecule is C=C1OC(=O)C(OC(C)=O)(C23OC(C)C(O2)C2(C)C=CC4CC(C(=O)O)CCC4C23C)C1=O. The van der Waals surface area contributed by atoms with Crippen molar-refractivity contribution in [3.8, 4) is 0 Å². The van der Waals surface area contributed by atoms with Gasteiger partial charge in [0.2, 0.25) is 5.79 Å². The Bertz CT molecular complexity index is 1030. The normalized spacial score (nSPS) is 50.1. The van der Waals surface area contributed by atoms with Crippen molar-refractivity contribution in [3.05, 3.63) is 24.5 Å². The summed E-state index contributed by atoms with van der Waals surface area (Å²) in [6.07, 6.45) is 4.39. The van der Waals surface area contributed by atoms with Gasteiger partial charge in [0.15, 0.2) is 5.76 Å². The number of Topliss-reactive ketones (excluding diaryl/α,β-unsaturated/α-hetero) is 1. The van der Waals surface area contributed by atoms with E-state index in [9.17, 15) is 24.3 Å². The number of hydrogen-bond acceptors (Lipinski definition) is 8. The first-order valence-corrected chi connectivity index (χ1v) is 11.3. The molecule has 5 rings (SSSR count). The number of allylic oxidation sites excluding steroid dienone is 1. The lowest BCUT2D eigenvalue weighted by atomic mass is 9.44. The van der Waals surface area contributed by atoms with Crippen LogP contribution in [0.25, 0.3) is 0 Å². The van der Waals surface area contributed by atoms with Gasteiger partial charge < -0.3 is 24.1 Å². The second kappa shape index (κ2) is 6.54. The number of cyclic esters (lactones) is 1. The zero-order chi connectivity index (χ0) is 24.1. The second-order valence-electron chi connectivity index (χ2n) is 10.4. The van der Waals surface area contributed by atoms with Crippen LogP contribution in [-0.4, -0.2) is 52.4 Å². The zero-order valence-electron chi connectivity index (χ0n) is 19.1. The molecule has 2 aliphatic carbocycles. The van der Waals surface area contributed by atoms with Crippen LogP contribution < -0.4 is 0 Å². The molecule has 0 aromatic carbocycles. The van der Waals surface area contributed by atoms with Crippen molar-refractivity contribution in [1.82, 2.24) is 0 Å². The van der Waals surface area contributed by atoms with Crippen molar-refractivity contribution in [2.24, 2.45) is 28.6 Å². The van der Waals surface area contributed by atoms with Crippen molar-refractivity contribution in [1.29, 1.82) is 0 Å². The molecular formula is C24H28O9. The van der Waals surface area contributed by atoms with Gasteiger partial charge in [0, 0.05) is 17.8 Å². The minimum Gasteiger partial charge on any atom is -0.481 e. The van der Waals surface area contributed by atoms with Crippen LogP contribution in [0.3, 0.4) is 0 Å². The first-order chi connectivity index (χ1) is 15.4. The van der Waals surface area contributed by atoms with Gasteiger partial charge in [-0.2, -0.15) is 0 Å². The Hall–Kier alpha value is -2.52. The summed E-state index contributed by atoms with van der Waals surface area (Å²) in [7, 11) is 0. The number of rotatable bonds is 3. The van der Waals surface area contributed by atoms with E-state index < -0.39 is 69.8 Å². The molecule has 0 aromatic heterocycles. The Labute approximate surface area is 191 Å². The van der Waals surface area contributed by atoms with E-state index in [1.807, 2.05) is 26.0 Å². The third-order valence-corrected chi connectivity index (χ3v) is 8.98. The highest BCUT2D eigenvalue weighted by molar-refractivity contribution is 6.21. The second-order valence-corrected chi connectivity index (χ2v) is 10.4. The summed E-state index contributed by atoms with van der Waals surface area (Å²) in [6.45, 7) is 10.3. The monoisotopic (exact) mass is 460 g/mol. The van der Waals surface area contributed by atoms with Crippen LogP contribution in [0.4, 0.5) is 0 Å². The standard InChI is InChI=1S/C24H28O9/c1-11-17(26)23(20(29)30-11,32-13(3)25)24-22(5)16-7-6-15(19(27)28)10-14(16)8-9-21(22,4)18(33-24)12(2)31-24/h8-9,12,14-16,18H,1,6-7,10H2,2-5H3,(H,27,28). The number of carboxylic acid groups (broad SMARTS) is 1. The molecule has 1 N–H and O–H groups in total. The van der Waals surface area contributed by atoms with Gasteiger partial charge in [-0.25, -0.2) is 4.79 Å². The molecule has 33 heavy (non-hydrogen) atoms. The van der Waals surface area contributed by atoms with Crippen LogP contribution in [0.15, 0.2) is 24.5 Å². The number of ether oxygens (including phenoxy) is 4. The number of hydrogen-bond donors (Lipinski definition) is 1. The minimum absolute atomic E-state index is 0.137. The molecule has 9 atom stereocenters. The lowest BCUT2D eigenvalue weighted by Gasteiger charge is -2.61. The number of carboxylic acids is 1. The molecule has 3 saturated heterocycles. The highest BCUT2D eigenvalue weighted by Crippen LogP contribution is 2.75. The molecule has 9 heteroatoms. The largest absolute Gasteiger partial charge is 0.481 e. The first-order valence-electron chi connectivity index (χ1n) is 11.3. The smallest absolute Gasteiger partial charge is 0.370 e. The van der Waals surface area contributed by atoms with E-state index in [-0.39, 0.29) is 11.8 Å². The average molecular weight is 460 g/mol. The predicted molar refractivity (Wildman–Crippen MR) is 110 cm³/mol. The Morgan fingerprint density at radius 3 is 2.48 bits per heavy atom.